The highest BCUT2D eigenvalue weighted by molar-refractivity contribution is 5.64. The molecule has 0 fully saturated rings. The van der Waals surface area contributed by atoms with E-state index in [4.69, 9.17) is 4.84 Å². The van der Waals surface area contributed by atoms with Gasteiger partial charge in [0.1, 0.15) is 11.8 Å². The monoisotopic (exact) mass is 206 g/mol. The Kier molecular flexibility index (Phi) is 2.55. The minimum atomic E-state index is 0.601. The molecule has 5 nitrogen and oxygen atoms in total. The molecule has 80 valence electrons. The number of hydrogen-bond donors (Lipinski definition) is 1. The summed E-state index contributed by atoms with van der Waals surface area (Å²) in [5.74, 6) is 0.601. The van der Waals surface area contributed by atoms with Crippen LogP contribution in [0.2, 0.25) is 0 Å². The van der Waals surface area contributed by atoms with Gasteiger partial charge in [0.2, 0.25) is 0 Å². The first-order valence-electron chi connectivity index (χ1n) is 5.08. The minimum Gasteiger partial charge on any atom is -0.386 e. The number of nitrogens with one attached hydrogen (secondary N) is 1. The SMILES string of the molecule is CC.Cc1cc2c3c(ncnn13)ONC2. The molecule has 2 aromatic rings. The second-order valence-electron chi connectivity index (χ2n) is 3.06. The third-order valence-corrected chi connectivity index (χ3v) is 2.21. The minimum absolute atomic E-state index is 0.601. The number of rotatable bonds is 0. The van der Waals surface area contributed by atoms with Crippen LogP contribution in [-0.2, 0) is 6.54 Å². The summed E-state index contributed by atoms with van der Waals surface area (Å²) < 4.78 is 1.85. The molecule has 1 aliphatic rings. The second kappa shape index (κ2) is 3.86. The summed E-state index contributed by atoms with van der Waals surface area (Å²) in [4.78, 5) is 9.22. The first kappa shape index (κ1) is 9.92. The average molecular weight is 206 g/mol. The Balaban J connectivity index is 0.000000404. The van der Waals surface area contributed by atoms with Crippen molar-refractivity contribution in [2.24, 2.45) is 0 Å². The summed E-state index contributed by atoms with van der Waals surface area (Å²) in [5.41, 5.74) is 6.06. The Hall–Kier alpha value is -1.62. The van der Waals surface area contributed by atoms with Crippen LogP contribution in [0, 0.1) is 6.92 Å². The van der Waals surface area contributed by atoms with Crippen molar-refractivity contribution < 1.29 is 4.84 Å². The van der Waals surface area contributed by atoms with Gasteiger partial charge in [-0.15, -0.1) is 0 Å². The van der Waals surface area contributed by atoms with Crippen molar-refractivity contribution in [3.8, 4) is 5.88 Å². The maximum atomic E-state index is 5.19. The Labute approximate surface area is 88.0 Å². The highest BCUT2D eigenvalue weighted by atomic mass is 16.7. The highest BCUT2D eigenvalue weighted by Crippen LogP contribution is 2.25. The molecule has 1 aliphatic heterocycles. The fourth-order valence-electron chi connectivity index (χ4n) is 1.65. The van der Waals surface area contributed by atoms with Crippen molar-refractivity contribution in [3.05, 3.63) is 23.7 Å². The first-order chi connectivity index (χ1) is 7.36. The zero-order valence-corrected chi connectivity index (χ0v) is 9.11. The van der Waals surface area contributed by atoms with Crippen LogP contribution < -0.4 is 10.3 Å². The van der Waals surface area contributed by atoms with E-state index in [1.165, 1.54) is 11.9 Å². The molecule has 2 aromatic heterocycles. The molecule has 15 heavy (non-hydrogen) atoms. The standard InChI is InChI=1S/C8H8N4O.C2H6/c1-5-2-6-3-11-13-8-7(6)12(5)10-4-9-8;1-2/h2,4,11H,3H2,1H3;1-2H3. The average Bonchev–Trinajstić information content (AvgIpc) is 2.62. The largest absolute Gasteiger partial charge is 0.386 e. The quantitative estimate of drug-likeness (QED) is 0.709. The van der Waals surface area contributed by atoms with Crippen LogP contribution in [0.5, 0.6) is 5.88 Å². The van der Waals surface area contributed by atoms with Gasteiger partial charge in [-0.05, 0) is 13.0 Å². The van der Waals surface area contributed by atoms with Crippen molar-refractivity contribution in [2.75, 3.05) is 0 Å². The van der Waals surface area contributed by atoms with Gasteiger partial charge in [0.05, 0.1) is 6.54 Å². The van der Waals surface area contributed by atoms with Crippen molar-refractivity contribution in [1.82, 2.24) is 20.1 Å². The van der Waals surface area contributed by atoms with Crippen molar-refractivity contribution in [3.63, 3.8) is 0 Å². The van der Waals surface area contributed by atoms with Gasteiger partial charge in [-0.25, -0.2) is 4.52 Å². The summed E-state index contributed by atoms with van der Waals surface area (Å²) in [5, 5.41) is 4.14. The van der Waals surface area contributed by atoms with E-state index in [0.29, 0.717) is 12.4 Å². The van der Waals surface area contributed by atoms with Crippen LogP contribution in [-0.4, -0.2) is 14.6 Å². The van der Waals surface area contributed by atoms with Gasteiger partial charge in [-0.3, -0.25) is 0 Å². The van der Waals surface area contributed by atoms with Gasteiger partial charge < -0.3 is 4.84 Å². The molecule has 0 amide bonds. The third kappa shape index (κ3) is 1.45. The van der Waals surface area contributed by atoms with E-state index < -0.39 is 0 Å². The fraction of sp³-hybridized carbons (Fsp3) is 0.400. The van der Waals surface area contributed by atoms with Crippen LogP contribution in [0.1, 0.15) is 25.1 Å². The summed E-state index contributed by atoms with van der Waals surface area (Å²) >= 11 is 0. The van der Waals surface area contributed by atoms with Gasteiger partial charge in [-0.2, -0.15) is 15.6 Å². The van der Waals surface area contributed by atoms with E-state index >= 15 is 0 Å². The Morgan fingerprint density at radius 1 is 1.47 bits per heavy atom. The lowest BCUT2D eigenvalue weighted by Gasteiger charge is -2.12. The fourth-order valence-corrected chi connectivity index (χ4v) is 1.65. The van der Waals surface area contributed by atoms with Crippen molar-refractivity contribution in [1.29, 1.82) is 0 Å². The van der Waals surface area contributed by atoms with Crippen molar-refractivity contribution in [2.45, 2.75) is 27.3 Å². The van der Waals surface area contributed by atoms with Crippen LogP contribution in [0.15, 0.2) is 12.4 Å². The number of aromatic nitrogens is 3. The van der Waals surface area contributed by atoms with Crippen molar-refractivity contribution >= 4 is 5.52 Å². The van der Waals surface area contributed by atoms with E-state index in [9.17, 15) is 0 Å². The number of aryl methyl sites for hydroxylation is 1. The van der Waals surface area contributed by atoms with E-state index in [1.807, 2.05) is 25.3 Å². The van der Waals surface area contributed by atoms with Crippen LogP contribution in [0.4, 0.5) is 0 Å². The van der Waals surface area contributed by atoms with Gasteiger partial charge in [0, 0.05) is 11.3 Å². The summed E-state index contributed by atoms with van der Waals surface area (Å²) in [6.45, 7) is 6.72. The second-order valence-corrected chi connectivity index (χ2v) is 3.06. The molecule has 0 radical (unpaired) electrons. The maximum absolute atomic E-state index is 5.19. The Bertz CT molecular complexity index is 477. The molecule has 0 atom stereocenters. The Morgan fingerprint density at radius 2 is 2.27 bits per heavy atom. The normalized spacial score (nSPS) is 13.0. The smallest absolute Gasteiger partial charge is 0.265 e. The van der Waals surface area contributed by atoms with Crippen LogP contribution in [0.3, 0.4) is 0 Å². The van der Waals surface area contributed by atoms with Crippen LogP contribution >= 0.6 is 0 Å². The Morgan fingerprint density at radius 3 is 3.07 bits per heavy atom. The molecule has 5 heteroatoms. The molecule has 0 saturated heterocycles. The predicted molar refractivity (Wildman–Crippen MR) is 56.5 cm³/mol. The number of hydrogen-bond acceptors (Lipinski definition) is 4. The molecular weight excluding hydrogens is 192 g/mol. The molecular formula is C10H14N4O. The number of nitrogens with zero attached hydrogens (tertiary/aromatic N) is 3. The molecule has 0 unspecified atom stereocenters. The molecule has 1 N–H and O–H groups in total. The molecule has 3 heterocycles. The summed E-state index contributed by atoms with van der Waals surface area (Å²) in [6, 6.07) is 2.09. The van der Waals surface area contributed by atoms with E-state index in [2.05, 4.69) is 21.6 Å². The summed E-state index contributed by atoms with van der Waals surface area (Å²) in [6.07, 6.45) is 1.49. The zero-order valence-electron chi connectivity index (χ0n) is 9.11. The lowest BCUT2D eigenvalue weighted by molar-refractivity contribution is 0.176. The van der Waals surface area contributed by atoms with Gasteiger partial charge in [0.25, 0.3) is 5.88 Å². The molecule has 0 spiro atoms. The topological polar surface area (TPSA) is 51.5 Å². The first-order valence-corrected chi connectivity index (χ1v) is 5.08. The van der Waals surface area contributed by atoms with Gasteiger partial charge >= 0.3 is 0 Å². The van der Waals surface area contributed by atoms with E-state index in [-0.39, 0.29) is 0 Å². The summed E-state index contributed by atoms with van der Waals surface area (Å²) in [7, 11) is 0. The predicted octanol–water partition coefficient (Wildman–Crippen LogP) is 1.46. The molecule has 0 saturated carbocycles. The molecule has 3 rings (SSSR count). The van der Waals surface area contributed by atoms with Gasteiger partial charge in [0.15, 0.2) is 0 Å². The molecule has 0 bridgehead atoms. The zero-order chi connectivity index (χ0) is 10.8. The van der Waals surface area contributed by atoms with Crippen LogP contribution in [0.25, 0.3) is 5.52 Å². The van der Waals surface area contributed by atoms with Gasteiger partial charge in [-0.1, -0.05) is 13.8 Å². The molecule has 0 aliphatic carbocycles. The van der Waals surface area contributed by atoms with E-state index in [0.717, 1.165) is 11.2 Å². The highest BCUT2D eigenvalue weighted by Gasteiger charge is 2.17. The maximum Gasteiger partial charge on any atom is 0.265 e. The lowest BCUT2D eigenvalue weighted by atomic mass is 10.2. The molecule has 0 aromatic carbocycles. The number of hydroxylamine groups is 1. The van der Waals surface area contributed by atoms with E-state index in [1.54, 1.807) is 0 Å². The lowest BCUT2D eigenvalue weighted by Crippen LogP contribution is -2.22. The third-order valence-electron chi connectivity index (χ3n) is 2.21.